The second-order valence-corrected chi connectivity index (χ2v) is 13.8. The number of carboxylic acids is 1. The molecular formula is C31H45N3O6S. The molecular weight excluding hydrogens is 542 g/mol. The summed E-state index contributed by atoms with van der Waals surface area (Å²) in [6.07, 6.45) is 17.6. The van der Waals surface area contributed by atoms with E-state index in [-0.39, 0.29) is 17.4 Å². The van der Waals surface area contributed by atoms with Crippen molar-refractivity contribution in [2.45, 2.75) is 96.2 Å². The molecule has 0 aliphatic heterocycles. The van der Waals surface area contributed by atoms with Gasteiger partial charge < -0.3 is 25.7 Å². The molecule has 0 heterocycles. The number of carbonyl (C=O) groups is 3. The van der Waals surface area contributed by atoms with E-state index in [2.05, 4.69) is 41.6 Å². The largest absolute Gasteiger partial charge is 0.480 e. The number of fused-ring (bicyclic) bond motifs is 5. The van der Waals surface area contributed by atoms with Gasteiger partial charge in [-0.15, -0.1) is 6.42 Å². The van der Waals surface area contributed by atoms with Gasteiger partial charge in [0.2, 0.25) is 5.91 Å². The molecule has 41 heavy (non-hydrogen) atoms. The molecule has 4 aliphatic carbocycles. The van der Waals surface area contributed by atoms with Gasteiger partial charge in [-0.2, -0.15) is 11.8 Å². The lowest BCUT2D eigenvalue weighted by Crippen LogP contribution is -2.54. The van der Waals surface area contributed by atoms with Crippen LogP contribution in [-0.4, -0.2) is 70.0 Å². The van der Waals surface area contributed by atoms with Gasteiger partial charge in [0.25, 0.3) is 5.91 Å². The van der Waals surface area contributed by atoms with Gasteiger partial charge in [-0.25, -0.2) is 4.79 Å². The Balaban J connectivity index is 1.31. The molecule has 0 spiro atoms. The van der Waals surface area contributed by atoms with Crippen LogP contribution in [0.4, 0.5) is 0 Å². The Morgan fingerprint density at radius 1 is 1.17 bits per heavy atom. The summed E-state index contributed by atoms with van der Waals surface area (Å²) >= 11 is 1.50. The van der Waals surface area contributed by atoms with Crippen molar-refractivity contribution < 1.29 is 29.4 Å². The number of amides is 2. The number of carboxylic acid groups (broad SMARTS) is 1. The second-order valence-electron chi connectivity index (χ2n) is 12.8. The van der Waals surface area contributed by atoms with Crippen molar-refractivity contribution in [2.24, 2.45) is 33.7 Å². The molecule has 0 aromatic rings. The van der Waals surface area contributed by atoms with Crippen molar-refractivity contribution in [1.29, 1.82) is 0 Å². The van der Waals surface area contributed by atoms with Crippen LogP contribution >= 0.6 is 11.8 Å². The van der Waals surface area contributed by atoms with Gasteiger partial charge in [0.05, 0.1) is 5.71 Å². The second kappa shape index (κ2) is 12.4. The van der Waals surface area contributed by atoms with Crippen molar-refractivity contribution in [3.05, 3.63) is 11.6 Å². The highest BCUT2D eigenvalue weighted by Crippen LogP contribution is 2.67. The van der Waals surface area contributed by atoms with Crippen molar-refractivity contribution >= 4 is 35.3 Å². The minimum atomic E-state index is -1.10. The fourth-order valence-electron chi connectivity index (χ4n) is 8.21. The van der Waals surface area contributed by atoms with Crippen LogP contribution in [0.1, 0.15) is 78.6 Å². The van der Waals surface area contributed by atoms with Crippen molar-refractivity contribution in [2.75, 3.05) is 18.6 Å². The first-order valence-electron chi connectivity index (χ1n) is 14.8. The lowest BCUT2D eigenvalue weighted by atomic mass is 9.46. The standard InChI is InChI=1S/C31H45N3O6S/c1-6-31(39)15-11-24-22-8-7-20-17-21(9-13-29(20,3)23(22)10-14-30(24,31)4)34-40-18-26(35)32-19(2)27(36)33-25(28(37)38)12-16-41-5/h1,17,19,22-25,39H,7-16,18H2,2-5H3,(H,32,35)(H,33,36)(H,37,38)/b34-21+/t19-,22+,23-,24-,25-,29-,30-,31-/m0/s1. The molecule has 0 saturated heterocycles. The minimum absolute atomic E-state index is 0.0872. The number of aliphatic carboxylic acids is 1. The van der Waals surface area contributed by atoms with E-state index in [0.717, 1.165) is 50.7 Å². The van der Waals surface area contributed by atoms with Crippen LogP contribution in [-0.2, 0) is 19.2 Å². The molecule has 0 radical (unpaired) electrons. The maximum absolute atomic E-state index is 12.4. The molecule has 0 bridgehead atoms. The third-order valence-electron chi connectivity index (χ3n) is 10.7. The number of carbonyl (C=O) groups excluding carboxylic acids is 2. The van der Waals surface area contributed by atoms with E-state index in [4.69, 9.17) is 11.3 Å². The van der Waals surface area contributed by atoms with Gasteiger partial charge >= 0.3 is 5.97 Å². The zero-order chi connectivity index (χ0) is 30.0. The van der Waals surface area contributed by atoms with E-state index in [9.17, 15) is 24.6 Å². The molecule has 4 rings (SSSR count). The summed E-state index contributed by atoms with van der Waals surface area (Å²) in [4.78, 5) is 41.5. The smallest absolute Gasteiger partial charge is 0.326 e. The lowest BCUT2D eigenvalue weighted by molar-refractivity contribution is -0.142. The summed E-state index contributed by atoms with van der Waals surface area (Å²) in [5.41, 5.74) is 1.09. The summed E-state index contributed by atoms with van der Waals surface area (Å²) in [5, 5.41) is 29.8. The number of allylic oxidation sites excluding steroid dienone is 2. The molecule has 3 fully saturated rings. The van der Waals surface area contributed by atoms with Crippen LogP contribution in [0.25, 0.3) is 0 Å². The van der Waals surface area contributed by atoms with Crippen LogP contribution in [0.15, 0.2) is 16.8 Å². The maximum Gasteiger partial charge on any atom is 0.326 e. The summed E-state index contributed by atoms with van der Waals surface area (Å²) in [5.74, 6) is 2.75. The highest BCUT2D eigenvalue weighted by atomic mass is 32.2. The molecule has 4 aliphatic rings. The molecule has 4 N–H and O–H groups in total. The number of terminal acetylenes is 1. The molecule has 0 aromatic heterocycles. The Bertz CT molecular complexity index is 1150. The predicted octanol–water partition coefficient (Wildman–Crippen LogP) is 3.51. The average molecular weight is 588 g/mol. The molecule has 3 saturated carbocycles. The quantitative estimate of drug-likeness (QED) is 0.227. The Morgan fingerprint density at radius 3 is 2.59 bits per heavy atom. The Kier molecular flexibility index (Phi) is 9.49. The zero-order valence-electron chi connectivity index (χ0n) is 24.7. The first kappa shape index (κ1) is 31.4. The van der Waals surface area contributed by atoms with Crippen molar-refractivity contribution in [3.63, 3.8) is 0 Å². The normalized spacial score (nSPS) is 36.4. The monoisotopic (exact) mass is 587 g/mol. The Morgan fingerprint density at radius 2 is 1.90 bits per heavy atom. The highest BCUT2D eigenvalue weighted by molar-refractivity contribution is 7.98. The molecule has 0 unspecified atom stereocenters. The van der Waals surface area contributed by atoms with E-state index in [1.165, 1.54) is 24.3 Å². The third-order valence-corrected chi connectivity index (χ3v) is 11.4. The van der Waals surface area contributed by atoms with Crippen LogP contribution in [0.3, 0.4) is 0 Å². The summed E-state index contributed by atoms with van der Waals surface area (Å²) in [7, 11) is 0. The zero-order valence-corrected chi connectivity index (χ0v) is 25.5. The van der Waals surface area contributed by atoms with E-state index < -0.39 is 35.5 Å². The summed E-state index contributed by atoms with van der Waals surface area (Å²) in [6, 6.07) is -1.91. The molecule has 8 atom stereocenters. The van der Waals surface area contributed by atoms with E-state index in [1.54, 1.807) is 0 Å². The number of aliphatic hydroxyl groups is 1. The lowest BCUT2D eigenvalue weighted by Gasteiger charge is -2.58. The Hall–Kier alpha value is -2.51. The fourth-order valence-corrected chi connectivity index (χ4v) is 8.68. The van der Waals surface area contributed by atoms with E-state index in [1.807, 2.05) is 6.26 Å². The molecule has 9 nitrogen and oxygen atoms in total. The number of oxime groups is 1. The average Bonchev–Trinajstić information content (AvgIpc) is 3.21. The number of nitrogens with zero attached hydrogens (tertiary/aromatic N) is 1. The van der Waals surface area contributed by atoms with Crippen LogP contribution in [0.2, 0.25) is 0 Å². The predicted molar refractivity (Wildman–Crippen MR) is 159 cm³/mol. The van der Waals surface area contributed by atoms with Gasteiger partial charge in [0.1, 0.15) is 17.7 Å². The van der Waals surface area contributed by atoms with Gasteiger partial charge in [0.15, 0.2) is 6.61 Å². The first-order chi connectivity index (χ1) is 19.4. The molecule has 226 valence electrons. The van der Waals surface area contributed by atoms with Crippen LogP contribution in [0.5, 0.6) is 0 Å². The van der Waals surface area contributed by atoms with Gasteiger partial charge in [-0.1, -0.05) is 30.5 Å². The summed E-state index contributed by atoms with van der Waals surface area (Å²) < 4.78 is 0. The number of nitrogens with one attached hydrogen (secondary N) is 2. The van der Waals surface area contributed by atoms with Crippen LogP contribution < -0.4 is 10.6 Å². The first-order valence-corrected chi connectivity index (χ1v) is 16.2. The molecule has 2 amide bonds. The van der Waals surface area contributed by atoms with E-state index >= 15 is 0 Å². The highest BCUT2D eigenvalue weighted by Gasteiger charge is 2.63. The maximum atomic E-state index is 12.4. The fraction of sp³-hybridized carbons (Fsp3) is 0.742. The van der Waals surface area contributed by atoms with Crippen molar-refractivity contribution in [1.82, 2.24) is 10.6 Å². The number of thioether (sulfide) groups is 1. The minimum Gasteiger partial charge on any atom is -0.480 e. The van der Waals surface area contributed by atoms with Gasteiger partial charge in [-0.05, 0) is 106 Å². The number of rotatable bonds is 10. The van der Waals surface area contributed by atoms with Crippen molar-refractivity contribution in [3.8, 4) is 12.3 Å². The van der Waals surface area contributed by atoms with Crippen LogP contribution in [0, 0.1) is 40.9 Å². The van der Waals surface area contributed by atoms with Gasteiger partial charge in [-0.3, -0.25) is 9.59 Å². The topological polar surface area (TPSA) is 137 Å². The SMILES string of the molecule is C#C[C@]1(O)CC[C@H]2[C@@H]3CCC4=C/C(=N/OCC(=O)N[C@@H](C)C(=O)N[C@@H](CCSC)C(=O)O)CC[C@]4(C)[C@H]3CC[C@@]21C. The number of hydrogen-bond donors (Lipinski definition) is 4. The van der Waals surface area contributed by atoms with E-state index in [0.29, 0.717) is 36.3 Å². The van der Waals surface area contributed by atoms with Gasteiger partial charge in [0, 0.05) is 5.41 Å². The molecule has 0 aromatic carbocycles. The number of hydrogen-bond acceptors (Lipinski definition) is 7. The Labute approximate surface area is 247 Å². The third kappa shape index (κ3) is 6.03. The molecule has 10 heteroatoms. The summed E-state index contributed by atoms with van der Waals surface area (Å²) in [6.45, 7) is 5.76.